The molecule has 2 aliphatic heterocycles. The van der Waals surface area contributed by atoms with Gasteiger partial charge < -0.3 is 10.1 Å². The maximum Gasteiger partial charge on any atom is 0.316 e. The summed E-state index contributed by atoms with van der Waals surface area (Å²) in [7, 11) is 1.92. The van der Waals surface area contributed by atoms with Gasteiger partial charge in [-0.05, 0) is 32.0 Å². The molecule has 0 spiro atoms. The van der Waals surface area contributed by atoms with Crippen LogP contribution >= 0.6 is 0 Å². The lowest BCUT2D eigenvalue weighted by Gasteiger charge is -2.19. The minimum absolute atomic E-state index is 0.118. The summed E-state index contributed by atoms with van der Waals surface area (Å²) in [6.45, 7) is 2.68. The molecule has 0 bridgehead atoms. The van der Waals surface area contributed by atoms with Crippen molar-refractivity contribution in [2.24, 2.45) is 0 Å². The minimum atomic E-state index is -0.743. The summed E-state index contributed by atoms with van der Waals surface area (Å²) in [5.74, 6) is 0. The summed E-state index contributed by atoms with van der Waals surface area (Å²) in [6, 6.07) is 0.519. The third-order valence-corrected chi connectivity index (χ3v) is 3.84. The summed E-state index contributed by atoms with van der Waals surface area (Å²) < 4.78 is 18.9. The third-order valence-electron chi connectivity index (χ3n) is 3.84. The van der Waals surface area contributed by atoms with Crippen molar-refractivity contribution in [3.05, 3.63) is 17.5 Å². The van der Waals surface area contributed by atoms with Crippen LogP contribution in [0.1, 0.15) is 17.7 Å². The second kappa shape index (κ2) is 5.38. The maximum atomic E-state index is 13.2. The van der Waals surface area contributed by atoms with E-state index in [4.69, 9.17) is 4.74 Å². The van der Waals surface area contributed by atoms with Crippen molar-refractivity contribution in [3.8, 4) is 6.01 Å². The fourth-order valence-electron chi connectivity index (χ4n) is 2.66. The van der Waals surface area contributed by atoms with Crippen LogP contribution in [-0.2, 0) is 13.0 Å². The molecule has 104 valence electrons. The summed E-state index contributed by atoms with van der Waals surface area (Å²) in [5, 5.41) is 3.27. The monoisotopic (exact) mass is 266 g/mol. The molecule has 1 aromatic heterocycles. The Kier molecular flexibility index (Phi) is 3.61. The molecule has 5 nitrogen and oxygen atoms in total. The highest BCUT2D eigenvalue weighted by Crippen LogP contribution is 2.19. The number of ether oxygens (including phenoxy) is 1. The molecule has 0 saturated carbocycles. The Hall–Kier alpha value is -1.27. The second-order valence-electron chi connectivity index (χ2n) is 5.29. The SMILES string of the molecule is CN1C[C@H](F)C[C@H]1COc1ncc2c(n1)CNCC2. The Morgan fingerprint density at radius 1 is 1.58 bits per heavy atom. The molecular weight excluding hydrogens is 247 g/mol. The van der Waals surface area contributed by atoms with Crippen molar-refractivity contribution in [2.45, 2.75) is 31.6 Å². The summed E-state index contributed by atoms with van der Waals surface area (Å²) in [4.78, 5) is 10.6. The molecule has 2 aliphatic rings. The lowest BCUT2D eigenvalue weighted by Crippen LogP contribution is -2.31. The van der Waals surface area contributed by atoms with Crippen LogP contribution in [0.3, 0.4) is 0 Å². The van der Waals surface area contributed by atoms with E-state index in [0.29, 0.717) is 25.6 Å². The molecule has 1 N–H and O–H groups in total. The number of likely N-dealkylation sites (tertiary alicyclic amines) is 1. The number of likely N-dealkylation sites (N-methyl/N-ethyl adjacent to an activating group) is 1. The molecule has 0 aromatic carbocycles. The van der Waals surface area contributed by atoms with Gasteiger partial charge in [0, 0.05) is 25.3 Å². The van der Waals surface area contributed by atoms with Gasteiger partial charge in [-0.15, -0.1) is 0 Å². The molecule has 1 aromatic rings. The Balaban J connectivity index is 1.61. The van der Waals surface area contributed by atoms with Gasteiger partial charge in [0.15, 0.2) is 0 Å². The van der Waals surface area contributed by atoms with E-state index in [2.05, 4.69) is 15.3 Å². The van der Waals surface area contributed by atoms with Crippen LogP contribution in [0, 0.1) is 0 Å². The normalized spacial score (nSPS) is 27.3. The first-order valence-corrected chi connectivity index (χ1v) is 6.75. The molecule has 0 aliphatic carbocycles. The summed E-state index contributed by atoms with van der Waals surface area (Å²) >= 11 is 0. The van der Waals surface area contributed by atoms with E-state index < -0.39 is 6.17 Å². The fraction of sp³-hybridized carbons (Fsp3) is 0.692. The smallest absolute Gasteiger partial charge is 0.316 e. The Bertz CT molecular complexity index is 456. The average molecular weight is 266 g/mol. The van der Waals surface area contributed by atoms with Gasteiger partial charge in [0.05, 0.1) is 5.69 Å². The zero-order chi connectivity index (χ0) is 13.2. The number of alkyl halides is 1. The number of aromatic nitrogens is 2. The number of hydrogen-bond acceptors (Lipinski definition) is 5. The van der Waals surface area contributed by atoms with E-state index in [1.54, 1.807) is 0 Å². The van der Waals surface area contributed by atoms with Crippen molar-refractivity contribution in [1.29, 1.82) is 0 Å². The molecule has 0 radical (unpaired) electrons. The van der Waals surface area contributed by atoms with Gasteiger partial charge >= 0.3 is 6.01 Å². The largest absolute Gasteiger partial charge is 0.462 e. The lowest BCUT2D eigenvalue weighted by molar-refractivity contribution is 0.187. The van der Waals surface area contributed by atoms with Crippen LogP contribution in [-0.4, -0.2) is 53.8 Å². The number of nitrogens with zero attached hydrogens (tertiary/aromatic N) is 3. The molecule has 19 heavy (non-hydrogen) atoms. The molecule has 2 atom stereocenters. The van der Waals surface area contributed by atoms with Crippen molar-refractivity contribution < 1.29 is 9.13 Å². The lowest BCUT2D eigenvalue weighted by atomic mass is 10.1. The number of rotatable bonds is 3. The van der Waals surface area contributed by atoms with Gasteiger partial charge in [-0.25, -0.2) is 9.37 Å². The summed E-state index contributed by atoms with van der Waals surface area (Å²) in [6.07, 6.45) is 2.59. The van der Waals surface area contributed by atoms with E-state index in [9.17, 15) is 4.39 Å². The van der Waals surface area contributed by atoms with Crippen LogP contribution in [0.4, 0.5) is 4.39 Å². The van der Waals surface area contributed by atoms with Gasteiger partial charge in [0.25, 0.3) is 0 Å². The predicted octanol–water partition coefficient (Wildman–Crippen LogP) is 0.543. The van der Waals surface area contributed by atoms with Gasteiger partial charge in [-0.1, -0.05) is 0 Å². The zero-order valence-electron chi connectivity index (χ0n) is 11.1. The van der Waals surface area contributed by atoms with E-state index in [-0.39, 0.29) is 6.04 Å². The van der Waals surface area contributed by atoms with Crippen molar-refractivity contribution >= 4 is 0 Å². The number of nitrogens with one attached hydrogen (secondary N) is 1. The number of hydrogen-bond donors (Lipinski definition) is 1. The first-order valence-electron chi connectivity index (χ1n) is 6.75. The molecular formula is C13H19FN4O. The summed E-state index contributed by atoms with van der Waals surface area (Å²) in [5.41, 5.74) is 2.20. The first-order chi connectivity index (χ1) is 9.22. The highest BCUT2D eigenvalue weighted by atomic mass is 19.1. The maximum absolute atomic E-state index is 13.2. The van der Waals surface area contributed by atoms with Gasteiger partial charge in [-0.2, -0.15) is 4.98 Å². The molecule has 1 fully saturated rings. The highest BCUT2D eigenvalue weighted by Gasteiger charge is 2.29. The number of fused-ring (bicyclic) bond motifs is 1. The van der Waals surface area contributed by atoms with Crippen LogP contribution in [0.25, 0.3) is 0 Å². The molecule has 3 heterocycles. The fourth-order valence-corrected chi connectivity index (χ4v) is 2.66. The van der Waals surface area contributed by atoms with E-state index in [1.165, 1.54) is 5.56 Å². The first kappa shape index (κ1) is 12.7. The average Bonchev–Trinajstić information content (AvgIpc) is 2.74. The molecule has 0 amide bonds. The Morgan fingerprint density at radius 2 is 2.47 bits per heavy atom. The van der Waals surface area contributed by atoms with Crippen molar-refractivity contribution in [3.63, 3.8) is 0 Å². The van der Waals surface area contributed by atoms with Crippen LogP contribution in [0.5, 0.6) is 6.01 Å². The Labute approximate surface area is 112 Å². The molecule has 6 heteroatoms. The van der Waals surface area contributed by atoms with Crippen molar-refractivity contribution in [1.82, 2.24) is 20.2 Å². The topological polar surface area (TPSA) is 50.3 Å². The standard InChI is InChI=1S/C13H19FN4O/c1-18-7-10(14)4-11(18)8-19-13-16-5-9-2-3-15-6-12(9)17-13/h5,10-11,15H,2-4,6-8H2,1H3/t10-,11+/m1/s1. The quantitative estimate of drug-likeness (QED) is 0.865. The zero-order valence-corrected chi connectivity index (χ0v) is 11.1. The van der Waals surface area contributed by atoms with E-state index in [1.807, 2.05) is 18.1 Å². The number of halogens is 1. The van der Waals surface area contributed by atoms with Gasteiger partial charge in [0.2, 0.25) is 0 Å². The van der Waals surface area contributed by atoms with E-state index in [0.717, 1.165) is 25.2 Å². The minimum Gasteiger partial charge on any atom is -0.462 e. The van der Waals surface area contributed by atoms with Crippen LogP contribution < -0.4 is 10.1 Å². The Morgan fingerprint density at radius 3 is 3.26 bits per heavy atom. The van der Waals surface area contributed by atoms with Gasteiger partial charge in [0.1, 0.15) is 12.8 Å². The molecule has 0 unspecified atom stereocenters. The van der Waals surface area contributed by atoms with Gasteiger partial charge in [-0.3, -0.25) is 4.90 Å². The van der Waals surface area contributed by atoms with E-state index >= 15 is 0 Å². The van der Waals surface area contributed by atoms with Crippen LogP contribution in [0.15, 0.2) is 6.20 Å². The predicted molar refractivity (Wildman–Crippen MR) is 68.9 cm³/mol. The highest BCUT2D eigenvalue weighted by molar-refractivity contribution is 5.21. The second-order valence-corrected chi connectivity index (χ2v) is 5.29. The molecule has 3 rings (SSSR count). The molecule has 1 saturated heterocycles. The van der Waals surface area contributed by atoms with Crippen LogP contribution in [0.2, 0.25) is 0 Å². The van der Waals surface area contributed by atoms with Crippen molar-refractivity contribution in [2.75, 3.05) is 26.7 Å². The third kappa shape index (κ3) is 2.84.